The van der Waals surface area contributed by atoms with Crippen molar-refractivity contribution in [3.05, 3.63) is 34.9 Å². The molecule has 0 bridgehead atoms. The first-order valence-electron chi connectivity index (χ1n) is 8.61. The molecule has 3 rings (SSSR count). The summed E-state index contributed by atoms with van der Waals surface area (Å²) in [5, 5.41) is 0. The van der Waals surface area contributed by atoms with Gasteiger partial charge in [0.15, 0.2) is 12.4 Å². The highest BCUT2D eigenvalue weighted by Crippen LogP contribution is 2.23. The topological polar surface area (TPSA) is 80.8 Å². The molecule has 0 saturated carbocycles. The lowest BCUT2D eigenvalue weighted by atomic mass is 9.98. The third-order valence-corrected chi connectivity index (χ3v) is 6.33. The average Bonchev–Trinajstić information content (AvgIpc) is 3.06. The third-order valence-electron chi connectivity index (χ3n) is 5.02. The lowest BCUT2D eigenvalue weighted by Gasteiger charge is -2.28. The van der Waals surface area contributed by atoms with Gasteiger partial charge in [-0.3, -0.25) is 9.59 Å². The normalized spacial score (nSPS) is 18.8. The lowest BCUT2D eigenvalue weighted by molar-refractivity contribution is -0.148. The molecule has 1 heterocycles. The van der Waals surface area contributed by atoms with Gasteiger partial charge in [-0.15, -0.1) is 0 Å². The molecule has 136 valence electrons. The average molecular weight is 365 g/mol. The van der Waals surface area contributed by atoms with E-state index in [2.05, 4.69) is 0 Å². The monoisotopic (exact) mass is 365 g/mol. The van der Waals surface area contributed by atoms with Crippen molar-refractivity contribution in [3.8, 4) is 0 Å². The van der Waals surface area contributed by atoms with Gasteiger partial charge in [0.1, 0.15) is 0 Å². The quantitative estimate of drug-likeness (QED) is 0.584. The van der Waals surface area contributed by atoms with E-state index >= 15 is 0 Å². The third kappa shape index (κ3) is 4.27. The van der Waals surface area contributed by atoms with Gasteiger partial charge in [-0.1, -0.05) is 12.1 Å². The number of sulfonamides is 1. The summed E-state index contributed by atoms with van der Waals surface area (Å²) in [5.41, 5.74) is 3.09. The molecule has 1 aromatic rings. The molecule has 0 unspecified atom stereocenters. The Labute approximate surface area is 148 Å². The van der Waals surface area contributed by atoms with E-state index in [9.17, 15) is 18.0 Å². The summed E-state index contributed by atoms with van der Waals surface area (Å²) in [6.07, 6.45) is 5.20. The number of Topliss-reactive ketones (excluding diaryl/α,β-unsaturated/α-hetero) is 1. The molecule has 6 nitrogen and oxygen atoms in total. The number of benzene rings is 1. The number of piperidine rings is 1. The fraction of sp³-hybridized carbons (Fsp3) is 0.556. The van der Waals surface area contributed by atoms with Crippen LogP contribution in [0.25, 0.3) is 0 Å². The van der Waals surface area contributed by atoms with E-state index in [0.717, 1.165) is 19.3 Å². The molecule has 7 heteroatoms. The molecule has 0 N–H and O–H groups in total. The van der Waals surface area contributed by atoms with Crippen molar-refractivity contribution in [2.24, 2.45) is 5.92 Å². The van der Waals surface area contributed by atoms with Crippen molar-refractivity contribution < 1.29 is 22.7 Å². The van der Waals surface area contributed by atoms with Crippen LogP contribution in [0.3, 0.4) is 0 Å². The SMILES string of the molecule is CS(=O)(=O)N1CCC(C(=O)OCC(=O)c2ccc3c(c2)CCC3)CC1. The van der Waals surface area contributed by atoms with E-state index in [4.69, 9.17) is 4.74 Å². The first-order chi connectivity index (χ1) is 11.8. The van der Waals surface area contributed by atoms with Gasteiger partial charge in [0.2, 0.25) is 10.0 Å². The summed E-state index contributed by atoms with van der Waals surface area (Å²) in [7, 11) is -3.21. The molecule has 0 amide bonds. The molecule has 25 heavy (non-hydrogen) atoms. The minimum atomic E-state index is -3.21. The van der Waals surface area contributed by atoms with Gasteiger partial charge in [-0.2, -0.15) is 0 Å². The van der Waals surface area contributed by atoms with Gasteiger partial charge in [-0.25, -0.2) is 12.7 Å². The molecule has 1 aliphatic heterocycles. The molecular formula is C18H23NO5S. The fourth-order valence-corrected chi connectivity index (χ4v) is 4.38. The van der Waals surface area contributed by atoms with Crippen LogP contribution in [0.4, 0.5) is 0 Å². The second-order valence-corrected chi connectivity index (χ2v) is 8.79. The van der Waals surface area contributed by atoms with Gasteiger partial charge in [0.05, 0.1) is 12.2 Å². The number of aryl methyl sites for hydroxylation is 2. The van der Waals surface area contributed by atoms with Gasteiger partial charge in [0.25, 0.3) is 0 Å². The maximum absolute atomic E-state index is 12.3. The molecule has 0 radical (unpaired) electrons. The summed E-state index contributed by atoms with van der Waals surface area (Å²) < 4.78 is 29.5. The number of hydrogen-bond donors (Lipinski definition) is 0. The van der Waals surface area contributed by atoms with Crippen LogP contribution in [-0.2, 0) is 32.4 Å². The Bertz CT molecular complexity index is 779. The summed E-state index contributed by atoms with van der Waals surface area (Å²) >= 11 is 0. The Balaban J connectivity index is 1.50. The first-order valence-corrected chi connectivity index (χ1v) is 10.5. The summed E-state index contributed by atoms with van der Waals surface area (Å²) in [6, 6.07) is 5.69. The van der Waals surface area contributed by atoms with E-state index in [1.54, 1.807) is 6.07 Å². The summed E-state index contributed by atoms with van der Waals surface area (Å²) in [4.78, 5) is 24.4. The Hall–Kier alpha value is -1.73. The van der Waals surface area contributed by atoms with Crippen LogP contribution in [0.15, 0.2) is 18.2 Å². The zero-order valence-electron chi connectivity index (χ0n) is 14.4. The Morgan fingerprint density at radius 1 is 1.16 bits per heavy atom. The zero-order valence-corrected chi connectivity index (χ0v) is 15.2. The highest BCUT2D eigenvalue weighted by molar-refractivity contribution is 7.88. The fourth-order valence-electron chi connectivity index (χ4n) is 3.51. The number of rotatable bonds is 5. The van der Waals surface area contributed by atoms with E-state index in [1.165, 1.54) is 21.7 Å². The maximum atomic E-state index is 12.3. The summed E-state index contributed by atoms with van der Waals surface area (Å²) in [6.45, 7) is 0.374. The molecule has 1 aromatic carbocycles. The first kappa shape index (κ1) is 18.1. The van der Waals surface area contributed by atoms with Crippen LogP contribution < -0.4 is 0 Å². The molecule has 0 atom stereocenters. The number of carbonyl (C=O) groups is 2. The standard InChI is InChI=1S/C18H23NO5S/c1-25(22,23)19-9-7-14(8-10-19)18(21)24-12-17(20)16-6-5-13-3-2-4-15(13)11-16/h5-6,11,14H,2-4,7-10,12H2,1H3. The van der Waals surface area contributed by atoms with Gasteiger partial charge < -0.3 is 4.74 Å². The number of fused-ring (bicyclic) bond motifs is 1. The minimum Gasteiger partial charge on any atom is -0.457 e. The Morgan fingerprint density at radius 2 is 1.84 bits per heavy atom. The predicted molar refractivity (Wildman–Crippen MR) is 92.9 cm³/mol. The van der Waals surface area contributed by atoms with Gasteiger partial charge in [0, 0.05) is 18.7 Å². The highest BCUT2D eigenvalue weighted by Gasteiger charge is 2.30. The molecule has 0 aromatic heterocycles. The number of hydrogen-bond acceptors (Lipinski definition) is 5. The van der Waals surface area contributed by atoms with E-state index in [1.807, 2.05) is 12.1 Å². The molecule has 1 aliphatic carbocycles. The van der Waals surface area contributed by atoms with Crippen LogP contribution in [0.5, 0.6) is 0 Å². The maximum Gasteiger partial charge on any atom is 0.309 e. The number of ether oxygens (including phenoxy) is 1. The lowest BCUT2D eigenvalue weighted by Crippen LogP contribution is -2.40. The van der Waals surface area contributed by atoms with Crippen LogP contribution >= 0.6 is 0 Å². The number of carbonyl (C=O) groups excluding carboxylic acids is 2. The van der Waals surface area contributed by atoms with E-state index in [-0.39, 0.29) is 18.3 Å². The van der Waals surface area contributed by atoms with E-state index < -0.39 is 16.0 Å². The predicted octanol–water partition coefficient (Wildman–Crippen LogP) is 1.57. The van der Waals surface area contributed by atoms with Crippen molar-refractivity contribution in [3.63, 3.8) is 0 Å². The smallest absolute Gasteiger partial charge is 0.309 e. The molecule has 2 aliphatic rings. The minimum absolute atomic E-state index is 0.198. The van der Waals surface area contributed by atoms with Crippen LogP contribution in [0.2, 0.25) is 0 Å². The molecule has 1 fully saturated rings. The number of nitrogens with zero attached hydrogens (tertiary/aromatic N) is 1. The number of ketones is 1. The Morgan fingerprint density at radius 3 is 2.52 bits per heavy atom. The van der Waals surface area contributed by atoms with Crippen molar-refractivity contribution in [1.29, 1.82) is 0 Å². The molecule has 0 spiro atoms. The van der Waals surface area contributed by atoms with Crippen molar-refractivity contribution in [2.75, 3.05) is 26.0 Å². The summed E-state index contributed by atoms with van der Waals surface area (Å²) in [5.74, 6) is -0.954. The second kappa shape index (κ2) is 7.25. The Kier molecular flexibility index (Phi) is 5.24. The largest absolute Gasteiger partial charge is 0.457 e. The highest BCUT2D eigenvalue weighted by atomic mass is 32.2. The van der Waals surface area contributed by atoms with Crippen LogP contribution in [-0.4, -0.2) is 50.4 Å². The van der Waals surface area contributed by atoms with Crippen molar-refractivity contribution in [1.82, 2.24) is 4.31 Å². The van der Waals surface area contributed by atoms with Crippen LogP contribution in [0, 0.1) is 5.92 Å². The second-order valence-electron chi connectivity index (χ2n) is 6.80. The van der Waals surface area contributed by atoms with Crippen molar-refractivity contribution >= 4 is 21.8 Å². The van der Waals surface area contributed by atoms with Gasteiger partial charge in [-0.05, 0) is 49.3 Å². The number of esters is 1. The molecule has 1 saturated heterocycles. The molecular weight excluding hydrogens is 342 g/mol. The van der Waals surface area contributed by atoms with Crippen molar-refractivity contribution in [2.45, 2.75) is 32.1 Å². The van der Waals surface area contributed by atoms with E-state index in [0.29, 0.717) is 31.5 Å². The zero-order chi connectivity index (χ0) is 18.0. The van der Waals surface area contributed by atoms with Crippen LogP contribution in [0.1, 0.15) is 40.7 Å². The van der Waals surface area contributed by atoms with Gasteiger partial charge >= 0.3 is 5.97 Å².